The van der Waals surface area contributed by atoms with Crippen LogP contribution < -0.4 is 0 Å². The van der Waals surface area contributed by atoms with Crippen LogP contribution in [0.1, 0.15) is 30.7 Å². The Morgan fingerprint density at radius 2 is 2.00 bits per heavy atom. The molecule has 2 bridgehead atoms. The van der Waals surface area contributed by atoms with Gasteiger partial charge < -0.3 is 0 Å². The van der Waals surface area contributed by atoms with Crippen LogP contribution in [0.3, 0.4) is 0 Å². The van der Waals surface area contributed by atoms with Gasteiger partial charge in [-0.3, -0.25) is 4.90 Å². The predicted octanol–water partition coefficient (Wildman–Crippen LogP) is 3.43. The summed E-state index contributed by atoms with van der Waals surface area (Å²) in [5.74, 6) is 0.496. The minimum Gasteiger partial charge on any atom is -0.299 e. The summed E-state index contributed by atoms with van der Waals surface area (Å²) in [5, 5.41) is 10.3. The average Bonchev–Trinajstić information content (AvgIpc) is 2.63. The number of fused-ring (bicyclic) bond motifs is 2. The van der Waals surface area contributed by atoms with E-state index in [0.29, 0.717) is 18.0 Å². The molecular formula is C15H17ClN2. The number of piperidine rings is 1. The molecule has 2 nitrogen and oxygen atoms in total. The van der Waals surface area contributed by atoms with E-state index in [9.17, 15) is 5.26 Å². The van der Waals surface area contributed by atoms with Gasteiger partial charge in [0.25, 0.3) is 0 Å². The maximum absolute atomic E-state index is 9.51. The first-order valence-electron chi connectivity index (χ1n) is 6.57. The summed E-state index contributed by atoms with van der Waals surface area (Å²) in [6.07, 6.45) is 3.51. The number of benzene rings is 1. The second kappa shape index (κ2) is 4.57. The number of halogens is 1. The lowest BCUT2D eigenvalue weighted by Crippen LogP contribution is -2.45. The highest BCUT2D eigenvalue weighted by molar-refractivity contribution is 6.30. The Hall–Kier alpha value is -1.04. The molecule has 2 aliphatic rings. The van der Waals surface area contributed by atoms with Crippen LogP contribution in [-0.2, 0) is 0 Å². The smallest absolute Gasteiger partial charge is 0.0687 e. The van der Waals surface area contributed by atoms with Gasteiger partial charge in [0.2, 0.25) is 0 Å². The molecule has 4 atom stereocenters. The summed E-state index contributed by atoms with van der Waals surface area (Å²) in [7, 11) is 2.17. The standard InChI is InChI=1S/C15H17ClN2/c1-18-12-6-7-15(18)14(9-17)13(8-12)10-2-4-11(16)5-3-10/h2-5,12-15H,6-8H2,1H3/t12-,13+,14-,15+/m0/s1. The van der Waals surface area contributed by atoms with E-state index in [1.165, 1.54) is 18.4 Å². The van der Waals surface area contributed by atoms with E-state index in [2.05, 4.69) is 30.1 Å². The van der Waals surface area contributed by atoms with E-state index in [1.54, 1.807) is 0 Å². The van der Waals surface area contributed by atoms with Gasteiger partial charge in [0.1, 0.15) is 0 Å². The first-order chi connectivity index (χ1) is 8.70. The molecule has 2 aliphatic heterocycles. The average molecular weight is 261 g/mol. The molecule has 0 radical (unpaired) electrons. The fourth-order valence-electron chi connectivity index (χ4n) is 3.70. The van der Waals surface area contributed by atoms with Crippen molar-refractivity contribution in [3.8, 4) is 6.07 Å². The van der Waals surface area contributed by atoms with E-state index in [-0.39, 0.29) is 5.92 Å². The summed E-state index contributed by atoms with van der Waals surface area (Å²) in [6, 6.07) is 11.7. The summed E-state index contributed by atoms with van der Waals surface area (Å²) in [6.45, 7) is 0. The number of rotatable bonds is 1. The second-order valence-corrected chi connectivity index (χ2v) is 5.95. The quantitative estimate of drug-likeness (QED) is 0.774. The molecule has 0 spiro atoms. The Kier molecular flexibility index (Phi) is 3.05. The molecule has 0 aromatic heterocycles. The molecule has 2 heterocycles. The lowest BCUT2D eigenvalue weighted by molar-refractivity contribution is 0.127. The Bertz CT molecular complexity index is 476. The van der Waals surface area contributed by atoms with Crippen LogP contribution in [0.4, 0.5) is 0 Å². The molecule has 3 rings (SSSR count). The van der Waals surface area contributed by atoms with E-state index in [1.807, 2.05) is 12.1 Å². The van der Waals surface area contributed by atoms with Crippen LogP contribution in [0.15, 0.2) is 24.3 Å². The van der Waals surface area contributed by atoms with Gasteiger partial charge in [0.05, 0.1) is 12.0 Å². The molecule has 18 heavy (non-hydrogen) atoms. The van der Waals surface area contributed by atoms with Crippen molar-refractivity contribution in [2.24, 2.45) is 5.92 Å². The van der Waals surface area contributed by atoms with Gasteiger partial charge in [0, 0.05) is 23.0 Å². The zero-order valence-corrected chi connectivity index (χ0v) is 11.3. The third-order valence-corrected chi connectivity index (χ3v) is 4.97. The van der Waals surface area contributed by atoms with E-state index < -0.39 is 0 Å². The van der Waals surface area contributed by atoms with Crippen molar-refractivity contribution in [3.05, 3.63) is 34.9 Å². The van der Waals surface area contributed by atoms with Crippen LogP contribution in [-0.4, -0.2) is 24.0 Å². The lowest BCUT2D eigenvalue weighted by atomic mass is 9.77. The fourth-order valence-corrected chi connectivity index (χ4v) is 3.82. The summed E-state index contributed by atoms with van der Waals surface area (Å²) < 4.78 is 0. The number of hydrogen-bond acceptors (Lipinski definition) is 2. The summed E-state index contributed by atoms with van der Waals surface area (Å²) in [4.78, 5) is 2.42. The number of nitriles is 1. The second-order valence-electron chi connectivity index (χ2n) is 5.51. The molecule has 3 heteroatoms. The molecular weight excluding hydrogens is 244 g/mol. The summed E-state index contributed by atoms with van der Waals surface area (Å²) >= 11 is 5.94. The summed E-state index contributed by atoms with van der Waals surface area (Å²) in [5.41, 5.74) is 1.27. The minimum atomic E-state index is 0.120. The predicted molar refractivity (Wildman–Crippen MR) is 72.5 cm³/mol. The minimum absolute atomic E-state index is 0.120. The molecule has 0 amide bonds. The van der Waals surface area contributed by atoms with Gasteiger partial charge in [-0.1, -0.05) is 23.7 Å². The van der Waals surface area contributed by atoms with Crippen molar-refractivity contribution in [1.29, 1.82) is 5.26 Å². The molecule has 2 fully saturated rings. The van der Waals surface area contributed by atoms with Crippen LogP contribution in [0.5, 0.6) is 0 Å². The molecule has 2 saturated heterocycles. The molecule has 0 unspecified atom stereocenters. The lowest BCUT2D eigenvalue weighted by Gasteiger charge is -2.40. The van der Waals surface area contributed by atoms with Crippen LogP contribution in [0.25, 0.3) is 0 Å². The Labute approximate surface area is 113 Å². The number of hydrogen-bond donors (Lipinski definition) is 0. The third-order valence-electron chi connectivity index (χ3n) is 4.72. The maximum Gasteiger partial charge on any atom is 0.0687 e. The van der Waals surface area contributed by atoms with Crippen molar-refractivity contribution < 1.29 is 0 Å². The highest BCUT2D eigenvalue weighted by Gasteiger charge is 2.45. The van der Waals surface area contributed by atoms with Crippen LogP contribution in [0, 0.1) is 17.2 Å². The zero-order valence-electron chi connectivity index (χ0n) is 10.5. The van der Waals surface area contributed by atoms with Gasteiger partial charge in [-0.15, -0.1) is 0 Å². The van der Waals surface area contributed by atoms with Crippen molar-refractivity contribution in [3.63, 3.8) is 0 Å². The SMILES string of the molecule is CN1[C@H]2CC[C@@H]1[C@@H](C#N)[C@@H](c1ccc(Cl)cc1)C2. The highest BCUT2D eigenvalue weighted by atomic mass is 35.5. The monoisotopic (exact) mass is 260 g/mol. The van der Waals surface area contributed by atoms with Gasteiger partial charge in [-0.2, -0.15) is 5.26 Å². The van der Waals surface area contributed by atoms with Crippen molar-refractivity contribution >= 4 is 11.6 Å². The van der Waals surface area contributed by atoms with Gasteiger partial charge >= 0.3 is 0 Å². The van der Waals surface area contributed by atoms with Crippen molar-refractivity contribution in [2.45, 2.75) is 37.3 Å². The third kappa shape index (κ3) is 1.83. The highest BCUT2D eigenvalue weighted by Crippen LogP contribution is 2.45. The van der Waals surface area contributed by atoms with E-state index in [0.717, 1.165) is 11.4 Å². The largest absolute Gasteiger partial charge is 0.299 e. The molecule has 0 N–H and O–H groups in total. The number of nitrogens with zero attached hydrogens (tertiary/aromatic N) is 2. The topological polar surface area (TPSA) is 27.0 Å². The van der Waals surface area contributed by atoms with E-state index >= 15 is 0 Å². The molecule has 1 aromatic carbocycles. The Morgan fingerprint density at radius 1 is 1.28 bits per heavy atom. The van der Waals surface area contributed by atoms with Crippen molar-refractivity contribution in [2.75, 3.05) is 7.05 Å². The maximum atomic E-state index is 9.51. The molecule has 94 valence electrons. The fraction of sp³-hybridized carbons (Fsp3) is 0.533. The Morgan fingerprint density at radius 3 is 2.67 bits per heavy atom. The molecule has 1 aromatic rings. The molecule has 0 saturated carbocycles. The first-order valence-corrected chi connectivity index (χ1v) is 6.95. The van der Waals surface area contributed by atoms with Gasteiger partial charge in [-0.05, 0) is 44.0 Å². The van der Waals surface area contributed by atoms with Crippen molar-refractivity contribution in [1.82, 2.24) is 4.90 Å². The van der Waals surface area contributed by atoms with Crippen LogP contribution >= 0.6 is 11.6 Å². The molecule has 0 aliphatic carbocycles. The first kappa shape index (κ1) is 12.0. The normalized spacial score (nSPS) is 35.4. The van der Waals surface area contributed by atoms with E-state index in [4.69, 9.17) is 11.6 Å². The van der Waals surface area contributed by atoms with Gasteiger partial charge in [0.15, 0.2) is 0 Å². The zero-order chi connectivity index (χ0) is 12.7. The van der Waals surface area contributed by atoms with Crippen LogP contribution in [0.2, 0.25) is 5.02 Å². The van der Waals surface area contributed by atoms with Gasteiger partial charge in [-0.25, -0.2) is 0 Å². The Balaban J connectivity index is 1.93.